The second kappa shape index (κ2) is 13.6. The maximum absolute atomic E-state index is 9.46. The van der Waals surface area contributed by atoms with E-state index in [0.29, 0.717) is 17.8 Å². The number of allylic oxidation sites excluding steroid dienone is 1. The number of aliphatic hydroxyl groups is 1. The van der Waals surface area contributed by atoms with E-state index in [9.17, 15) is 5.11 Å². The number of aliphatic hydroxyl groups excluding tert-OH is 1. The van der Waals surface area contributed by atoms with Crippen molar-refractivity contribution in [2.45, 2.75) is 116 Å². The van der Waals surface area contributed by atoms with Crippen LogP contribution in [0.25, 0.3) is 0 Å². The molecule has 7 atom stereocenters. The van der Waals surface area contributed by atoms with Crippen molar-refractivity contribution in [2.24, 2.45) is 23.2 Å². The van der Waals surface area contributed by atoms with Gasteiger partial charge in [0, 0.05) is 37.4 Å². The standard InChI is InChI=1S/C31H48O5/c1-4-5-8-16-31(2,3)28(36-30-12-7-10-19-34-30)14-13-25-26-21-23(15-17-32)20-24(26)22-27(25)35-29-11-6-9-18-33-29/h13-15,24-30,32H,4,6-7,9-12,16-22H2,1-3H3/b14-13+,23-15+/t24-,25+,26-,27+,28+,29?,30?/m0/s1. The summed E-state index contributed by atoms with van der Waals surface area (Å²) in [4.78, 5) is 0. The molecule has 0 bridgehead atoms. The summed E-state index contributed by atoms with van der Waals surface area (Å²) >= 11 is 0. The summed E-state index contributed by atoms with van der Waals surface area (Å²) in [5.74, 6) is 8.07. The summed E-state index contributed by atoms with van der Waals surface area (Å²) in [6.45, 7) is 8.33. The monoisotopic (exact) mass is 500 g/mol. The van der Waals surface area contributed by atoms with Gasteiger partial charge in [0.15, 0.2) is 12.6 Å². The van der Waals surface area contributed by atoms with E-state index in [1.54, 1.807) is 0 Å². The Morgan fingerprint density at radius 3 is 2.47 bits per heavy atom. The van der Waals surface area contributed by atoms with Gasteiger partial charge >= 0.3 is 0 Å². The molecule has 0 aromatic carbocycles. The minimum atomic E-state index is -0.142. The van der Waals surface area contributed by atoms with Crippen molar-refractivity contribution < 1.29 is 24.1 Å². The molecule has 1 N–H and O–H groups in total. The Morgan fingerprint density at radius 1 is 1.06 bits per heavy atom. The molecule has 2 aliphatic heterocycles. The summed E-state index contributed by atoms with van der Waals surface area (Å²) < 4.78 is 25.2. The largest absolute Gasteiger partial charge is 0.392 e. The van der Waals surface area contributed by atoms with Gasteiger partial charge in [-0.15, -0.1) is 11.8 Å². The van der Waals surface area contributed by atoms with Crippen molar-refractivity contribution in [3.8, 4) is 11.8 Å². The minimum absolute atomic E-state index is 0.0747. The Bertz CT molecular complexity index is 794. The predicted octanol–water partition coefficient (Wildman–Crippen LogP) is 6.16. The first-order valence-corrected chi connectivity index (χ1v) is 14.5. The molecule has 0 aromatic heterocycles. The summed E-state index contributed by atoms with van der Waals surface area (Å²) in [6.07, 6.45) is 18.0. The van der Waals surface area contributed by atoms with Crippen molar-refractivity contribution >= 4 is 0 Å². The Kier molecular flexibility index (Phi) is 10.5. The van der Waals surface area contributed by atoms with Gasteiger partial charge in [0.1, 0.15) is 0 Å². The molecule has 0 aromatic rings. The van der Waals surface area contributed by atoms with Gasteiger partial charge in [0.2, 0.25) is 0 Å². The van der Waals surface area contributed by atoms with Crippen LogP contribution in [-0.4, -0.2) is 49.7 Å². The van der Waals surface area contributed by atoms with Crippen molar-refractivity contribution in [2.75, 3.05) is 19.8 Å². The van der Waals surface area contributed by atoms with Crippen molar-refractivity contribution in [3.63, 3.8) is 0 Å². The Balaban J connectivity index is 1.53. The number of rotatable bonds is 9. The van der Waals surface area contributed by atoms with Crippen LogP contribution < -0.4 is 0 Å². The summed E-state index contributed by atoms with van der Waals surface area (Å²) in [7, 11) is 0. The van der Waals surface area contributed by atoms with Gasteiger partial charge in [-0.05, 0) is 69.6 Å². The molecule has 2 aliphatic carbocycles. The molecule has 0 spiro atoms. The molecule has 5 heteroatoms. The van der Waals surface area contributed by atoms with Gasteiger partial charge in [0.25, 0.3) is 0 Å². The lowest BCUT2D eigenvalue weighted by atomic mass is 9.81. The van der Waals surface area contributed by atoms with E-state index >= 15 is 0 Å². The van der Waals surface area contributed by atoms with Gasteiger partial charge in [-0.2, -0.15) is 0 Å². The first kappa shape index (κ1) is 27.9. The Labute approximate surface area is 219 Å². The first-order valence-electron chi connectivity index (χ1n) is 14.5. The summed E-state index contributed by atoms with van der Waals surface area (Å²) in [6, 6.07) is 0. The van der Waals surface area contributed by atoms with E-state index in [-0.39, 0.29) is 36.8 Å². The van der Waals surface area contributed by atoms with Gasteiger partial charge in [0.05, 0.1) is 18.8 Å². The quantitative estimate of drug-likeness (QED) is 0.303. The fourth-order valence-corrected chi connectivity index (χ4v) is 6.42. The summed E-state index contributed by atoms with van der Waals surface area (Å²) in [5, 5.41) is 9.46. The molecule has 4 aliphatic rings. The molecule has 2 saturated heterocycles. The highest BCUT2D eigenvalue weighted by atomic mass is 16.7. The highest BCUT2D eigenvalue weighted by Crippen LogP contribution is 2.52. The van der Waals surface area contributed by atoms with Gasteiger partial charge in [-0.1, -0.05) is 44.6 Å². The molecule has 5 nitrogen and oxygen atoms in total. The topological polar surface area (TPSA) is 57.2 Å². The third kappa shape index (κ3) is 7.45. The third-order valence-corrected chi connectivity index (χ3v) is 8.49. The molecule has 2 saturated carbocycles. The Hall–Kier alpha value is -1.16. The molecule has 36 heavy (non-hydrogen) atoms. The number of hydrogen-bond acceptors (Lipinski definition) is 5. The van der Waals surface area contributed by atoms with Crippen LogP contribution in [0.1, 0.15) is 91.4 Å². The lowest BCUT2D eigenvalue weighted by Gasteiger charge is -2.35. The lowest BCUT2D eigenvalue weighted by molar-refractivity contribution is -0.197. The molecule has 4 fully saturated rings. The second-order valence-electron chi connectivity index (χ2n) is 11.8. The fraction of sp³-hybridized carbons (Fsp3) is 0.806. The number of fused-ring (bicyclic) bond motifs is 1. The van der Waals surface area contributed by atoms with Crippen LogP contribution in [0, 0.1) is 35.0 Å². The molecule has 0 amide bonds. The van der Waals surface area contributed by atoms with Crippen LogP contribution in [0.4, 0.5) is 0 Å². The third-order valence-electron chi connectivity index (χ3n) is 8.49. The average molecular weight is 501 g/mol. The van der Waals surface area contributed by atoms with Crippen molar-refractivity contribution in [1.29, 1.82) is 0 Å². The maximum atomic E-state index is 9.46. The van der Waals surface area contributed by atoms with Crippen molar-refractivity contribution in [3.05, 3.63) is 23.8 Å². The van der Waals surface area contributed by atoms with E-state index in [2.05, 4.69) is 44.8 Å². The summed E-state index contributed by atoms with van der Waals surface area (Å²) in [5.41, 5.74) is 1.27. The van der Waals surface area contributed by atoms with Gasteiger partial charge < -0.3 is 24.1 Å². The zero-order chi connectivity index (χ0) is 25.4. The fourth-order valence-electron chi connectivity index (χ4n) is 6.42. The Morgan fingerprint density at radius 2 is 1.81 bits per heavy atom. The van der Waals surface area contributed by atoms with E-state index in [1.165, 1.54) is 12.0 Å². The minimum Gasteiger partial charge on any atom is -0.392 e. The smallest absolute Gasteiger partial charge is 0.158 e. The molecule has 0 radical (unpaired) electrons. The zero-order valence-corrected chi connectivity index (χ0v) is 22.8. The van der Waals surface area contributed by atoms with Crippen LogP contribution in [0.3, 0.4) is 0 Å². The van der Waals surface area contributed by atoms with Crippen LogP contribution in [0.5, 0.6) is 0 Å². The van der Waals surface area contributed by atoms with E-state index in [0.717, 1.165) is 77.4 Å². The van der Waals surface area contributed by atoms with Gasteiger partial charge in [-0.3, -0.25) is 0 Å². The van der Waals surface area contributed by atoms with Crippen LogP contribution in [0.2, 0.25) is 0 Å². The predicted molar refractivity (Wildman–Crippen MR) is 142 cm³/mol. The maximum Gasteiger partial charge on any atom is 0.158 e. The van der Waals surface area contributed by atoms with Crippen LogP contribution >= 0.6 is 0 Å². The SMILES string of the molecule is CCC#CCC(C)(C)[C@@H](/C=C/[C@@H]1[C@H]2C/C(=C/CO)C[C@H]2C[C@H]1OC1CCCCO1)OC1CCCCO1. The van der Waals surface area contributed by atoms with E-state index in [4.69, 9.17) is 18.9 Å². The highest BCUT2D eigenvalue weighted by molar-refractivity contribution is 5.19. The lowest BCUT2D eigenvalue weighted by Crippen LogP contribution is -2.36. The number of ether oxygens (including phenoxy) is 4. The normalized spacial score (nSPS) is 35.1. The average Bonchev–Trinajstić information content (AvgIpc) is 3.40. The highest BCUT2D eigenvalue weighted by Gasteiger charge is 2.47. The van der Waals surface area contributed by atoms with E-state index in [1.807, 2.05) is 6.08 Å². The number of hydrogen-bond donors (Lipinski definition) is 1. The molecule has 4 rings (SSSR count). The van der Waals surface area contributed by atoms with Crippen molar-refractivity contribution in [1.82, 2.24) is 0 Å². The molecule has 202 valence electrons. The van der Waals surface area contributed by atoms with Crippen LogP contribution in [-0.2, 0) is 18.9 Å². The van der Waals surface area contributed by atoms with E-state index < -0.39 is 0 Å². The molecular formula is C31H48O5. The van der Waals surface area contributed by atoms with Crippen LogP contribution in [0.15, 0.2) is 23.8 Å². The molecule has 2 unspecified atom stereocenters. The molecule has 2 heterocycles. The van der Waals surface area contributed by atoms with Gasteiger partial charge in [-0.25, -0.2) is 0 Å². The second-order valence-corrected chi connectivity index (χ2v) is 11.8. The zero-order valence-electron chi connectivity index (χ0n) is 22.8. The molecular weight excluding hydrogens is 452 g/mol. The first-order chi connectivity index (χ1) is 17.5.